The van der Waals surface area contributed by atoms with Crippen LogP contribution in [-0.4, -0.2) is 30.7 Å². The molecule has 5 heteroatoms. The zero-order chi connectivity index (χ0) is 14.6. The van der Waals surface area contributed by atoms with Gasteiger partial charge in [0.1, 0.15) is 6.04 Å². The number of ether oxygens (including phenoxy) is 1. The van der Waals surface area contributed by atoms with Crippen LogP contribution >= 0.6 is 0 Å². The van der Waals surface area contributed by atoms with Crippen molar-refractivity contribution in [3.63, 3.8) is 0 Å². The highest BCUT2D eigenvalue weighted by molar-refractivity contribution is 5.86. The van der Waals surface area contributed by atoms with Crippen molar-refractivity contribution in [2.45, 2.75) is 58.5 Å². The van der Waals surface area contributed by atoms with Crippen LogP contribution in [0, 0.1) is 11.8 Å². The number of rotatable bonds is 6. The Balaban J connectivity index is 2.60. The van der Waals surface area contributed by atoms with E-state index in [1.165, 1.54) is 7.11 Å². The first-order valence-electron chi connectivity index (χ1n) is 6.96. The van der Waals surface area contributed by atoms with Crippen molar-refractivity contribution in [3.8, 4) is 0 Å². The van der Waals surface area contributed by atoms with Gasteiger partial charge in [-0.3, -0.25) is 4.79 Å². The second-order valence-electron chi connectivity index (χ2n) is 6.23. The summed E-state index contributed by atoms with van der Waals surface area (Å²) in [7, 11) is 1.30. The lowest BCUT2D eigenvalue weighted by atomic mass is 9.99. The average molecular weight is 270 g/mol. The number of carbonyl (C=O) groups excluding carboxylic acids is 2. The lowest BCUT2D eigenvalue weighted by Gasteiger charge is -2.26. The largest absolute Gasteiger partial charge is 0.453 e. The van der Waals surface area contributed by atoms with E-state index in [9.17, 15) is 9.59 Å². The molecular weight excluding hydrogens is 244 g/mol. The molecule has 0 bridgehead atoms. The van der Waals surface area contributed by atoms with E-state index in [0.29, 0.717) is 5.92 Å². The number of carbonyl (C=O) groups is 2. The highest BCUT2D eigenvalue weighted by Crippen LogP contribution is 2.41. The minimum absolute atomic E-state index is 0.0222. The Kier molecular flexibility index (Phi) is 5.20. The van der Waals surface area contributed by atoms with Gasteiger partial charge in [-0.15, -0.1) is 0 Å². The summed E-state index contributed by atoms with van der Waals surface area (Å²) in [5.74, 6) is 0.460. The van der Waals surface area contributed by atoms with Gasteiger partial charge in [-0.1, -0.05) is 27.7 Å². The van der Waals surface area contributed by atoms with Crippen molar-refractivity contribution in [1.82, 2.24) is 10.6 Å². The SMILES string of the molecule is COC(=O)N[C@H](C(=O)NC1(CC(C)C)CC1)C(C)C. The quantitative estimate of drug-likeness (QED) is 0.776. The van der Waals surface area contributed by atoms with Gasteiger partial charge in [0, 0.05) is 5.54 Å². The van der Waals surface area contributed by atoms with Gasteiger partial charge in [-0.2, -0.15) is 0 Å². The van der Waals surface area contributed by atoms with Crippen molar-refractivity contribution >= 4 is 12.0 Å². The maximum absolute atomic E-state index is 12.3. The number of amides is 2. The lowest BCUT2D eigenvalue weighted by Crippen LogP contribution is -2.53. The minimum Gasteiger partial charge on any atom is -0.453 e. The summed E-state index contributed by atoms with van der Waals surface area (Å²) in [6.45, 7) is 8.11. The zero-order valence-electron chi connectivity index (χ0n) is 12.6. The molecule has 5 nitrogen and oxygen atoms in total. The van der Waals surface area contributed by atoms with Gasteiger partial charge in [0.2, 0.25) is 5.91 Å². The van der Waals surface area contributed by atoms with Crippen molar-refractivity contribution < 1.29 is 14.3 Å². The Morgan fingerprint density at radius 2 is 1.79 bits per heavy atom. The summed E-state index contributed by atoms with van der Waals surface area (Å²) in [5, 5.41) is 5.70. The van der Waals surface area contributed by atoms with Crippen LogP contribution in [0.3, 0.4) is 0 Å². The van der Waals surface area contributed by atoms with Crippen LogP contribution in [0.2, 0.25) is 0 Å². The Morgan fingerprint density at radius 3 is 2.16 bits per heavy atom. The summed E-state index contributed by atoms with van der Waals surface area (Å²) in [6, 6.07) is -0.544. The van der Waals surface area contributed by atoms with E-state index in [4.69, 9.17) is 0 Å². The maximum atomic E-state index is 12.3. The molecule has 1 fully saturated rings. The number of methoxy groups -OCH3 is 1. The summed E-state index contributed by atoms with van der Waals surface area (Å²) < 4.78 is 4.56. The van der Waals surface area contributed by atoms with Crippen LogP contribution in [0.1, 0.15) is 47.0 Å². The molecule has 19 heavy (non-hydrogen) atoms. The van der Waals surface area contributed by atoms with Crippen LogP contribution in [0.25, 0.3) is 0 Å². The monoisotopic (exact) mass is 270 g/mol. The van der Waals surface area contributed by atoms with E-state index in [1.807, 2.05) is 13.8 Å². The molecule has 2 N–H and O–H groups in total. The molecule has 2 amide bonds. The normalized spacial score (nSPS) is 18.1. The first-order valence-corrected chi connectivity index (χ1v) is 6.96. The summed E-state index contributed by atoms with van der Waals surface area (Å²) in [5.41, 5.74) is -0.0454. The van der Waals surface area contributed by atoms with E-state index < -0.39 is 12.1 Å². The molecule has 1 rings (SSSR count). The predicted molar refractivity (Wildman–Crippen MR) is 73.7 cm³/mol. The summed E-state index contributed by atoms with van der Waals surface area (Å²) in [6.07, 6.45) is 2.48. The highest BCUT2D eigenvalue weighted by Gasteiger charge is 2.45. The molecular formula is C14H26N2O3. The van der Waals surface area contributed by atoms with E-state index in [1.54, 1.807) is 0 Å². The number of hydrogen-bond acceptors (Lipinski definition) is 3. The average Bonchev–Trinajstić information content (AvgIpc) is 3.03. The molecule has 0 radical (unpaired) electrons. The van der Waals surface area contributed by atoms with Crippen molar-refractivity contribution in [2.75, 3.05) is 7.11 Å². The molecule has 0 heterocycles. The van der Waals surface area contributed by atoms with Gasteiger partial charge in [0.05, 0.1) is 7.11 Å². The van der Waals surface area contributed by atoms with Crippen LogP contribution in [0.4, 0.5) is 4.79 Å². The topological polar surface area (TPSA) is 67.4 Å². The van der Waals surface area contributed by atoms with Gasteiger partial charge in [-0.25, -0.2) is 4.79 Å². The fraction of sp³-hybridized carbons (Fsp3) is 0.857. The third-order valence-electron chi connectivity index (χ3n) is 3.45. The van der Waals surface area contributed by atoms with E-state index in [2.05, 4.69) is 29.2 Å². The molecule has 1 atom stereocenters. The molecule has 0 aromatic rings. The van der Waals surface area contributed by atoms with Crippen LogP contribution < -0.4 is 10.6 Å². The predicted octanol–water partition coefficient (Wildman–Crippen LogP) is 2.06. The minimum atomic E-state index is -0.567. The highest BCUT2D eigenvalue weighted by atomic mass is 16.5. The van der Waals surface area contributed by atoms with Gasteiger partial charge in [-0.05, 0) is 31.1 Å². The number of hydrogen-bond donors (Lipinski definition) is 2. The standard InChI is InChI=1S/C14H26N2O3/c1-9(2)8-14(6-7-14)16-12(17)11(10(3)4)15-13(18)19-5/h9-11H,6-8H2,1-5H3,(H,15,18)(H,16,17)/t11-/m0/s1. The van der Waals surface area contributed by atoms with Gasteiger partial charge < -0.3 is 15.4 Å². The molecule has 0 aromatic heterocycles. The van der Waals surface area contributed by atoms with E-state index >= 15 is 0 Å². The molecule has 0 unspecified atom stereocenters. The Bertz CT molecular complexity index is 336. The summed E-state index contributed by atoms with van der Waals surface area (Å²) in [4.78, 5) is 23.6. The molecule has 0 saturated heterocycles. The molecule has 0 spiro atoms. The van der Waals surface area contributed by atoms with Crippen LogP contribution in [-0.2, 0) is 9.53 Å². The molecule has 1 aliphatic carbocycles. The third kappa shape index (κ3) is 4.73. The molecule has 110 valence electrons. The maximum Gasteiger partial charge on any atom is 0.407 e. The second kappa shape index (κ2) is 6.26. The molecule has 1 saturated carbocycles. The van der Waals surface area contributed by atoms with E-state index in [0.717, 1.165) is 19.3 Å². The fourth-order valence-electron chi connectivity index (χ4n) is 2.37. The van der Waals surface area contributed by atoms with Gasteiger partial charge >= 0.3 is 6.09 Å². The molecule has 0 aromatic carbocycles. The second-order valence-corrected chi connectivity index (χ2v) is 6.23. The first kappa shape index (κ1) is 15.8. The Hall–Kier alpha value is -1.26. The zero-order valence-corrected chi connectivity index (χ0v) is 12.6. The van der Waals surface area contributed by atoms with Crippen LogP contribution in [0.15, 0.2) is 0 Å². The lowest BCUT2D eigenvalue weighted by molar-refractivity contribution is -0.125. The number of alkyl carbamates (subject to hydrolysis) is 1. The summed E-state index contributed by atoms with van der Waals surface area (Å²) >= 11 is 0. The smallest absolute Gasteiger partial charge is 0.407 e. The van der Waals surface area contributed by atoms with E-state index in [-0.39, 0.29) is 17.4 Å². The molecule has 0 aliphatic heterocycles. The molecule has 1 aliphatic rings. The number of nitrogens with one attached hydrogen (secondary N) is 2. The van der Waals surface area contributed by atoms with Gasteiger partial charge in [0.25, 0.3) is 0 Å². The first-order chi connectivity index (χ1) is 8.79. The Morgan fingerprint density at radius 1 is 1.21 bits per heavy atom. The third-order valence-corrected chi connectivity index (χ3v) is 3.45. The van der Waals surface area contributed by atoms with Crippen molar-refractivity contribution in [2.24, 2.45) is 11.8 Å². The fourth-order valence-corrected chi connectivity index (χ4v) is 2.37. The van der Waals surface area contributed by atoms with Crippen LogP contribution in [0.5, 0.6) is 0 Å². The van der Waals surface area contributed by atoms with Crippen molar-refractivity contribution in [3.05, 3.63) is 0 Å². The van der Waals surface area contributed by atoms with Gasteiger partial charge in [0.15, 0.2) is 0 Å². The Labute approximate surface area is 115 Å². The van der Waals surface area contributed by atoms with Crippen molar-refractivity contribution in [1.29, 1.82) is 0 Å².